The van der Waals surface area contributed by atoms with Crippen LogP contribution in [0.3, 0.4) is 0 Å². The number of hydrogen-bond donors (Lipinski definition) is 1. The third-order valence-corrected chi connectivity index (χ3v) is 5.10. The highest BCUT2D eigenvalue weighted by molar-refractivity contribution is 7.94. The molecule has 7 heteroatoms. The van der Waals surface area contributed by atoms with Crippen molar-refractivity contribution in [3.05, 3.63) is 46.3 Å². The van der Waals surface area contributed by atoms with Crippen LogP contribution in [-0.4, -0.2) is 8.42 Å². The summed E-state index contributed by atoms with van der Waals surface area (Å²) in [5.74, 6) is 0. The van der Waals surface area contributed by atoms with Gasteiger partial charge in [0.25, 0.3) is 10.0 Å². The van der Waals surface area contributed by atoms with E-state index in [2.05, 4.69) is 4.72 Å². The lowest BCUT2D eigenvalue weighted by Crippen LogP contribution is -2.12. The topological polar surface area (TPSA) is 70.0 Å². The van der Waals surface area contributed by atoms with Crippen LogP contribution in [0.15, 0.2) is 39.9 Å². The van der Waals surface area contributed by atoms with E-state index in [4.69, 9.17) is 16.9 Å². The summed E-state index contributed by atoms with van der Waals surface area (Å²) in [6, 6.07) is 9.45. The van der Waals surface area contributed by atoms with E-state index in [-0.39, 0.29) is 15.5 Å². The molecule has 0 fully saturated rings. The number of thiophene rings is 1. The first-order chi connectivity index (χ1) is 8.53. The molecule has 0 saturated carbocycles. The number of sulfonamides is 1. The Balaban J connectivity index is 2.41. The molecule has 1 aromatic heterocycles. The van der Waals surface area contributed by atoms with Crippen molar-refractivity contribution in [3.8, 4) is 6.07 Å². The van der Waals surface area contributed by atoms with Gasteiger partial charge in [-0.3, -0.25) is 4.72 Å². The predicted octanol–water partition coefficient (Wildman–Crippen LogP) is 3.07. The van der Waals surface area contributed by atoms with Crippen molar-refractivity contribution < 1.29 is 8.42 Å². The minimum absolute atomic E-state index is 0.179. The van der Waals surface area contributed by atoms with Crippen LogP contribution in [0, 0.1) is 11.3 Å². The highest BCUT2D eigenvalue weighted by Crippen LogP contribution is 2.25. The molecule has 0 aliphatic carbocycles. The highest BCUT2D eigenvalue weighted by Gasteiger charge is 2.17. The van der Waals surface area contributed by atoms with Gasteiger partial charge in [0, 0.05) is 5.02 Å². The summed E-state index contributed by atoms with van der Waals surface area (Å²) in [5, 5.41) is 10.9. The second kappa shape index (κ2) is 4.98. The van der Waals surface area contributed by atoms with Gasteiger partial charge >= 0.3 is 0 Å². The first kappa shape index (κ1) is 12.9. The minimum Gasteiger partial charge on any atom is -0.278 e. The first-order valence-electron chi connectivity index (χ1n) is 4.79. The predicted molar refractivity (Wildman–Crippen MR) is 71.3 cm³/mol. The monoisotopic (exact) mass is 298 g/mol. The van der Waals surface area contributed by atoms with Gasteiger partial charge in [-0.2, -0.15) is 5.26 Å². The summed E-state index contributed by atoms with van der Waals surface area (Å²) in [7, 11) is -3.66. The molecular formula is C11H7ClN2O2S2. The average molecular weight is 299 g/mol. The lowest BCUT2D eigenvalue weighted by Gasteiger charge is -2.08. The Morgan fingerprint density at radius 1 is 1.33 bits per heavy atom. The highest BCUT2D eigenvalue weighted by atomic mass is 35.5. The Morgan fingerprint density at radius 2 is 2.11 bits per heavy atom. The summed E-state index contributed by atoms with van der Waals surface area (Å²) in [6.45, 7) is 0. The van der Waals surface area contributed by atoms with E-state index >= 15 is 0 Å². The van der Waals surface area contributed by atoms with Crippen LogP contribution in [0.5, 0.6) is 0 Å². The average Bonchev–Trinajstić information content (AvgIpc) is 2.83. The Hall–Kier alpha value is -1.55. The van der Waals surface area contributed by atoms with Gasteiger partial charge in [-0.25, -0.2) is 8.42 Å². The van der Waals surface area contributed by atoms with Gasteiger partial charge in [0.1, 0.15) is 10.3 Å². The molecule has 92 valence electrons. The van der Waals surface area contributed by atoms with Gasteiger partial charge in [-0.05, 0) is 29.6 Å². The molecule has 2 aromatic rings. The molecule has 0 unspecified atom stereocenters. The van der Waals surface area contributed by atoms with Gasteiger partial charge in [-0.15, -0.1) is 11.3 Å². The van der Waals surface area contributed by atoms with Crippen molar-refractivity contribution >= 4 is 38.6 Å². The molecule has 4 nitrogen and oxygen atoms in total. The normalized spacial score (nSPS) is 10.9. The van der Waals surface area contributed by atoms with Gasteiger partial charge in [0.05, 0.1) is 11.3 Å². The van der Waals surface area contributed by atoms with E-state index in [9.17, 15) is 8.42 Å². The third kappa shape index (κ3) is 2.64. The van der Waals surface area contributed by atoms with Crippen molar-refractivity contribution in [1.29, 1.82) is 5.26 Å². The fourth-order valence-corrected chi connectivity index (χ4v) is 3.55. The van der Waals surface area contributed by atoms with Gasteiger partial charge < -0.3 is 0 Å². The molecule has 0 aliphatic heterocycles. The molecule has 18 heavy (non-hydrogen) atoms. The number of rotatable bonds is 3. The zero-order valence-electron chi connectivity index (χ0n) is 8.92. The SMILES string of the molecule is N#Cc1ccc(Cl)cc1NS(=O)(=O)c1cccs1. The Morgan fingerprint density at radius 3 is 2.72 bits per heavy atom. The van der Waals surface area contributed by atoms with Gasteiger partial charge in [-0.1, -0.05) is 17.7 Å². The molecule has 0 radical (unpaired) electrons. The second-order valence-corrected chi connectivity index (χ2v) is 6.63. The molecule has 2 rings (SSSR count). The molecule has 0 spiro atoms. The van der Waals surface area contributed by atoms with E-state index in [1.54, 1.807) is 11.4 Å². The first-order valence-corrected chi connectivity index (χ1v) is 7.53. The number of hydrogen-bond acceptors (Lipinski definition) is 4. The van der Waals surface area contributed by atoms with Crippen molar-refractivity contribution in [1.82, 2.24) is 0 Å². The van der Waals surface area contributed by atoms with Crippen molar-refractivity contribution in [3.63, 3.8) is 0 Å². The maximum atomic E-state index is 12.0. The van der Waals surface area contributed by atoms with E-state index in [1.165, 1.54) is 24.3 Å². The Bertz CT molecular complexity index is 703. The zero-order chi connectivity index (χ0) is 13.2. The lowest BCUT2D eigenvalue weighted by atomic mass is 10.2. The van der Waals surface area contributed by atoms with Crippen molar-refractivity contribution in [2.45, 2.75) is 4.21 Å². The van der Waals surface area contributed by atoms with Crippen molar-refractivity contribution in [2.75, 3.05) is 4.72 Å². The molecule has 0 amide bonds. The quantitative estimate of drug-likeness (QED) is 0.946. The molecule has 1 N–H and O–H groups in total. The number of anilines is 1. The van der Waals surface area contributed by atoms with Crippen LogP contribution < -0.4 is 4.72 Å². The number of halogens is 1. The molecule has 0 atom stereocenters. The van der Waals surface area contributed by atoms with Crippen LogP contribution in [0.2, 0.25) is 5.02 Å². The number of benzene rings is 1. The van der Waals surface area contributed by atoms with Crippen LogP contribution in [0.25, 0.3) is 0 Å². The summed E-state index contributed by atoms with van der Waals surface area (Å²) in [6.07, 6.45) is 0. The Kier molecular flexibility index (Phi) is 3.57. The summed E-state index contributed by atoms with van der Waals surface area (Å²) >= 11 is 6.89. The fourth-order valence-electron chi connectivity index (χ4n) is 1.31. The molecule has 1 heterocycles. The van der Waals surface area contributed by atoms with Crippen LogP contribution in [0.1, 0.15) is 5.56 Å². The van der Waals surface area contributed by atoms with Gasteiger partial charge in [0.2, 0.25) is 0 Å². The Labute approximate surface area is 114 Å². The minimum atomic E-state index is -3.66. The number of nitriles is 1. The lowest BCUT2D eigenvalue weighted by molar-refractivity contribution is 0.603. The summed E-state index contributed by atoms with van der Waals surface area (Å²) < 4.78 is 26.5. The summed E-state index contributed by atoms with van der Waals surface area (Å²) in [4.78, 5) is 0. The molecular weight excluding hydrogens is 292 g/mol. The smallest absolute Gasteiger partial charge is 0.271 e. The fraction of sp³-hybridized carbons (Fsp3) is 0. The van der Waals surface area contributed by atoms with E-state index < -0.39 is 10.0 Å². The number of nitrogens with one attached hydrogen (secondary N) is 1. The third-order valence-electron chi connectivity index (χ3n) is 2.11. The van der Waals surface area contributed by atoms with Crippen LogP contribution in [-0.2, 0) is 10.0 Å². The van der Waals surface area contributed by atoms with E-state index in [1.807, 2.05) is 6.07 Å². The zero-order valence-corrected chi connectivity index (χ0v) is 11.3. The van der Waals surface area contributed by atoms with E-state index in [0.717, 1.165) is 11.3 Å². The van der Waals surface area contributed by atoms with Crippen molar-refractivity contribution in [2.24, 2.45) is 0 Å². The largest absolute Gasteiger partial charge is 0.278 e. The standard InChI is InChI=1S/C11H7ClN2O2S2/c12-9-4-3-8(7-13)10(6-9)14-18(15,16)11-2-1-5-17-11/h1-6,14H. The van der Waals surface area contributed by atoms with Crippen LogP contribution in [0.4, 0.5) is 5.69 Å². The molecule has 1 aromatic carbocycles. The second-order valence-electron chi connectivity index (χ2n) is 3.34. The maximum absolute atomic E-state index is 12.0. The van der Waals surface area contributed by atoms with Gasteiger partial charge in [0.15, 0.2) is 0 Å². The maximum Gasteiger partial charge on any atom is 0.271 e. The van der Waals surface area contributed by atoms with E-state index in [0.29, 0.717) is 5.02 Å². The molecule has 0 bridgehead atoms. The van der Waals surface area contributed by atoms with Crippen LogP contribution >= 0.6 is 22.9 Å². The number of nitrogens with zero attached hydrogens (tertiary/aromatic N) is 1. The molecule has 0 saturated heterocycles. The molecule has 0 aliphatic rings. The summed E-state index contributed by atoms with van der Waals surface area (Å²) in [5.41, 5.74) is 0.401.